The maximum Gasteiger partial charge on any atom is 0.488 e. The molecule has 2 aromatic rings. The van der Waals surface area contributed by atoms with Crippen LogP contribution in [0.25, 0.3) is 11.2 Å². The van der Waals surface area contributed by atoms with Crippen LogP contribution >= 0.6 is 7.82 Å². The quantitative estimate of drug-likeness (QED) is 0.380. The molecule has 0 spiro atoms. The molecule has 4 heterocycles. The molecule has 2 saturated heterocycles. The molecule has 0 saturated carbocycles. The van der Waals surface area contributed by atoms with Gasteiger partial charge in [-0.1, -0.05) is 0 Å². The molecule has 0 aliphatic carbocycles. The van der Waals surface area contributed by atoms with Crippen LogP contribution in [-0.4, -0.2) is 75.1 Å². The van der Waals surface area contributed by atoms with Crippen LogP contribution in [0.4, 0.5) is 5.82 Å². The lowest BCUT2D eigenvalue weighted by molar-refractivity contribution is -0.0603. The van der Waals surface area contributed by atoms with Crippen LogP contribution in [0.2, 0.25) is 0 Å². The molecule has 132 valence electrons. The number of hydrogen-bond acceptors (Lipinski definition) is 10. The summed E-state index contributed by atoms with van der Waals surface area (Å²) < 4.78 is 17.7. The maximum absolute atomic E-state index is 10.6. The van der Waals surface area contributed by atoms with Crippen molar-refractivity contribution in [3.63, 3.8) is 0 Å². The fraction of sp³-hybridized carbons (Fsp3) is 0.583. The lowest BCUT2D eigenvalue weighted by atomic mass is 10.1. The minimum Gasteiger partial charge on any atom is -0.385 e. The van der Waals surface area contributed by atoms with Crippen LogP contribution < -0.4 is 11.1 Å². The molecule has 0 amide bonds. The summed E-state index contributed by atoms with van der Waals surface area (Å²) in [5.74, 6) is 0.543. The average Bonchev–Trinajstić information content (AvgIpc) is 3.14. The van der Waals surface area contributed by atoms with E-state index < -0.39 is 32.4 Å². The van der Waals surface area contributed by atoms with E-state index in [0.29, 0.717) is 30.1 Å². The molecule has 5 N–H and O–H groups in total. The molecule has 0 aromatic carbocycles. The van der Waals surface area contributed by atoms with Crippen LogP contribution in [-0.2, 0) is 13.8 Å². The van der Waals surface area contributed by atoms with Gasteiger partial charge in [-0.25, -0.2) is 19.8 Å². The molecule has 2 fully saturated rings. The molecule has 0 bridgehead atoms. The number of rotatable bonds is 4. The Bertz CT molecular complexity index is 778. The van der Waals surface area contributed by atoms with Gasteiger partial charge in [0.15, 0.2) is 29.3 Å². The Hall–Kier alpha value is -1.40. The van der Waals surface area contributed by atoms with Gasteiger partial charge >= 0.3 is 15.4 Å². The highest BCUT2D eigenvalue weighted by atomic mass is 31.2. The number of nitrogens with zero attached hydrogens (tertiary/aromatic N) is 4. The second-order valence-electron chi connectivity index (χ2n) is 5.75. The van der Waals surface area contributed by atoms with E-state index in [1.54, 1.807) is 4.57 Å². The highest BCUT2D eigenvalue weighted by Crippen LogP contribution is 2.58. The van der Waals surface area contributed by atoms with Gasteiger partial charge in [-0.2, -0.15) is 9.05 Å². The number of nitrogens with one attached hydrogen (secondary N) is 1. The Morgan fingerprint density at radius 2 is 2.28 bits per heavy atom. The van der Waals surface area contributed by atoms with Crippen molar-refractivity contribution in [1.29, 1.82) is 0 Å². The Morgan fingerprint density at radius 1 is 1.44 bits per heavy atom. The fourth-order valence-electron chi connectivity index (χ4n) is 2.96. The van der Waals surface area contributed by atoms with Gasteiger partial charge in [-0.3, -0.25) is 4.57 Å². The summed E-state index contributed by atoms with van der Waals surface area (Å²) >= 11 is 0. The molecular formula is C12H17BN6O5P+. The minimum absolute atomic E-state index is 0.0317. The third kappa shape index (κ3) is 3.00. The third-order valence-electron chi connectivity index (χ3n) is 4.08. The Balaban J connectivity index is 1.64. The van der Waals surface area contributed by atoms with E-state index in [4.69, 9.17) is 27.1 Å². The second-order valence-corrected chi connectivity index (χ2v) is 7.34. The van der Waals surface area contributed by atoms with E-state index in [2.05, 4.69) is 20.3 Å². The smallest absolute Gasteiger partial charge is 0.385 e. The van der Waals surface area contributed by atoms with Crippen molar-refractivity contribution in [3.05, 3.63) is 12.7 Å². The van der Waals surface area contributed by atoms with Gasteiger partial charge in [0.2, 0.25) is 0 Å². The van der Waals surface area contributed by atoms with Gasteiger partial charge in [0, 0.05) is 13.1 Å². The predicted octanol–water partition coefficient (Wildman–Crippen LogP) is -1.29. The summed E-state index contributed by atoms with van der Waals surface area (Å²) in [6.07, 6.45) is -0.342. The van der Waals surface area contributed by atoms with Gasteiger partial charge in [0.25, 0.3) is 0 Å². The first-order chi connectivity index (χ1) is 12.0. The van der Waals surface area contributed by atoms with Gasteiger partial charge in [-0.15, -0.1) is 0 Å². The number of anilines is 1. The number of nitrogens with two attached hydrogens (primary N) is 1. The van der Waals surface area contributed by atoms with E-state index in [0.717, 1.165) is 0 Å². The van der Waals surface area contributed by atoms with Gasteiger partial charge in [0.1, 0.15) is 25.1 Å². The van der Waals surface area contributed by atoms with Gasteiger partial charge in [0.05, 0.1) is 6.33 Å². The molecule has 13 heteroatoms. The van der Waals surface area contributed by atoms with Crippen LogP contribution in [0.1, 0.15) is 6.23 Å². The second kappa shape index (κ2) is 6.40. The normalized spacial score (nSPS) is 35.0. The Kier molecular flexibility index (Phi) is 4.36. The number of hydrogen-bond donors (Lipinski definition) is 4. The fourth-order valence-corrected chi connectivity index (χ4v) is 3.99. The van der Waals surface area contributed by atoms with E-state index in [1.807, 2.05) is 0 Å². The first-order valence-corrected chi connectivity index (χ1v) is 9.33. The lowest BCUT2D eigenvalue weighted by Gasteiger charge is -2.27. The number of aromatic nitrogens is 4. The van der Waals surface area contributed by atoms with Crippen LogP contribution in [0.3, 0.4) is 0 Å². The molecule has 2 aliphatic heterocycles. The summed E-state index contributed by atoms with van der Waals surface area (Å²) in [5.41, 5.74) is 6.51. The molecule has 2 radical (unpaired) electrons. The molecule has 25 heavy (non-hydrogen) atoms. The summed E-state index contributed by atoms with van der Waals surface area (Å²) in [4.78, 5) is 22.4. The van der Waals surface area contributed by atoms with Gasteiger partial charge < -0.3 is 20.9 Å². The first-order valence-electron chi connectivity index (χ1n) is 7.68. The lowest BCUT2D eigenvalue weighted by Crippen LogP contribution is -2.40. The highest BCUT2D eigenvalue weighted by molar-refractivity contribution is 7.85. The van der Waals surface area contributed by atoms with Crippen molar-refractivity contribution in [3.8, 4) is 0 Å². The maximum atomic E-state index is 10.6. The van der Waals surface area contributed by atoms with Crippen LogP contribution in [0.5, 0.6) is 0 Å². The van der Waals surface area contributed by atoms with Gasteiger partial charge in [-0.05, 0) is 0 Å². The van der Waals surface area contributed by atoms with E-state index in [9.17, 15) is 10.00 Å². The van der Waals surface area contributed by atoms with Crippen molar-refractivity contribution in [2.24, 2.45) is 5.73 Å². The zero-order chi connectivity index (χ0) is 17.6. The number of aliphatic hydroxyl groups excluding tert-OH is 1. The molecule has 4 rings (SSSR count). The minimum atomic E-state index is -3.43. The zero-order valence-electron chi connectivity index (χ0n) is 13.1. The SMILES string of the molecule is [B][P+]1(O)OC[C@H]2O[C@@H](n3cnc4c(NCCN)ncnc43)C(O)[C@H]2O1. The van der Waals surface area contributed by atoms with E-state index in [1.165, 1.54) is 12.7 Å². The number of fused-ring (bicyclic) bond motifs is 2. The molecule has 2 aromatic heterocycles. The van der Waals surface area contributed by atoms with Crippen molar-refractivity contribution in [1.82, 2.24) is 19.5 Å². The van der Waals surface area contributed by atoms with Crippen LogP contribution in [0.15, 0.2) is 12.7 Å². The first kappa shape index (κ1) is 17.0. The molecule has 5 atom stereocenters. The monoisotopic (exact) mass is 367 g/mol. The van der Waals surface area contributed by atoms with Crippen molar-refractivity contribution < 1.29 is 23.8 Å². The van der Waals surface area contributed by atoms with Crippen molar-refractivity contribution in [2.75, 3.05) is 25.0 Å². The Labute approximate surface area is 144 Å². The summed E-state index contributed by atoms with van der Waals surface area (Å²) in [7, 11) is 2.09. The van der Waals surface area contributed by atoms with Crippen molar-refractivity contribution >= 4 is 32.4 Å². The standard InChI is InChI=1S/C12H17BN6O5P/c13-25(21)22-3-6-9(24-25)8(20)12(23-6)19-5-18-7-10(15-2-1-14)16-4-17-11(7)19/h4-6,8-9,12,20-21H,1-3,14H2,(H,15,16,17)/q+1/t6-,8?,9+,12-,25?/m1/s1. The number of aliphatic hydroxyl groups is 1. The average molecular weight is 367 g/mol. The number of ether oxygens (including phenoxy) is 1. The van der Waals surface area contributed by atoms with Crippen LogP contribution in [0, 0.1) is 0 Å². The molecular weight excluding hydrogens is 350 g/mol. The Morgan fingerprint density at radius 3 is 3.08 bits per heavy atom. The highest BCUT2D eigenvalue weighted by Gasteiger charge is 2.56. The summed E-state index contributed by atoms with van der Waals surface area (Å²) in [5, 5.41) is 13.6. The summed E-state index contributed by atoms with van der Waals surface area (Å²) in [6.45, 7) is 1.02. The van der Waals surface area contributed by atoms with Crippen molar-refractivity contribution in [2.45, 2.75) is 24.5 Å². The third-order valence-corrected chi connectivity index (χ3v) is 5.14. The molecule has 2 unspecified atom stereocenters. The van der Waals surface area contributed by atoms with E-state index in [-0.39, 0.29) is 6.61 Å². The summed E-state index contributed by atoms with van der Waals surface area (Å²) in [6, 6.07) is 0. The molecule has 2 aliphatic rings. The van der Waals surface area contributed by atoms with E-state index >= 15 is 0 Å². The number of imidazole rings is 1. The predicted molar refractivity (Wildman–Crippen MR) is 88.5 cm³/mol. The largest absolute Gasteiger partial charge is 0.488 e. The molecule has 11 nitrogen and oxygen atoms in total. The zero-order valence-corrected chi connectivity index (χ0v) is 14.0. The topological polar surface area (TPSA) is 150 Å².